The topological polar surface area (TPSA) is 54.2 Å². The van der Waals surface area contributed by atoms with Crippen LogP contribution in [0.1, 0.15) is 43.9 Å². The third kappa shape index (κ3) is 4.23. The molecule has 1 aromatic carbocycles. The molecule has 1 aliphatic carbocycles. The van der Waals surface area contributed by atoms with Gasteiger partial charge in [0.2, 0.25) is 0 Å². The van der Waals surface area contributed by atoms with Gasteiger partial charge in [-0.3, -0.25) is 4.68 Å². The first-order valence-electron chi connectivity index (χ1n) is 9.38. The van der Waals surface area contributed by atoms with Crippen LogP contribution in [0.2, 0.25) is 0 Å². The van der Waals surface area contributed by atoms with Gasteiger partial charge >= 0.3 is 0 Å². The van der Waals surface area contributed by atoms with Gasteiger partial charge in [-0.15, -0.1) is 0 Å². The molecule has 1 aromatic heterocycles. The molecule has 0 amide bonds. The van der Waals surface area contributed by atoms with E-state index in [2.05, 4.69) is 22.7 Å². The molecule has 1 saturated carbocycles. The molecule has 0 radical (unpaired) electrons. The molecule has 0 aliphatic heterocycles. The Morgan fingerprint density at radius 2 is 1.92 bits per heavy atom. The number of guanidine groups is 1. The molecule has 2 aromatic rings. The van der Waals surface area contributed by atoms with Crippen molar-refractivity contribution >= 4 is 5.96 Å². The number of aromatic nitrogens is 2. The summed E-state index contributed by atoms with van der Waals surface area (Å²) < 4.78 is 15.2. The maximum atomic E-state index is 13.3. The molecule has 26 heavy (non-hydrogen) atoms. The van der Waals surface area contributed by atoms with Crippen molar-refractivity contribution in [3.8, 4) is 0 Å². The summed E-state index contributed by atoms with van der Waals surface area (Å²) in [4.78, 5) is 4.69. The molecular weight excluding hydrogens is 329 g/mol. The van der Waals surface area contributed by atoms with Gasteiger partial charge < -0.3 is 10.6 Å². The molecule has 6 heteroatoms. The Morgan fingerprint density at radius 3 is 2.54 bits per heavy atom. The second kappa shape index (κ2) is 8.34. The zero-order chi connectivity index (χ0) is 18.4. The SMILES string of the molecule is CCNC(=NCc1ccnn1C)NCC1(c2ccc(F)cc2)CCCC1. The van der Waals surface area contributed by atoms with E-state index in [4.69, 9.17) is 4.99 Å². The summed E-state index contributed by atoms with van der Waals surface area (Å²) in [5.74, 6) is 0.628. The van der Waals surface area contributed by atoms with Crippen molar-refractivity contribution in [2.75, 3.05) is 13.1 Å². The molecule has 5 nitrogen and oxygen atoms in total. The Kier molecular flexibility index (Phi) is 5.91. The summed E-state index contributed by atoms with van der Waals surface area (Å²) >= 11 is 0. The van der Waals surface area contributed by atoms with Gasteiger partial charge in [-0.25, -0.2) is 9.38 Å². The first kappa shape index (κ1) is 18.4. The van der Waals surface area contributed by atoms with Gasteiger partial charge in [0.25, 0.3) is 0 Å². The van der Waals surface area contributed by atoms with Crippen LogP contribution in [0, 0.1) is 5.82 Å². The van der Waals surface area contributed by atoms with Crippen molar-refractivity contribution < 1.29 is 4.39 Å². The number of hydrogen-bond donors (Lipinski definition) is 2. The minimum Gasteiger partial charge on any atom is -0.357 e. The van der Waals surface area contributed by atoms with Crippen LogP contribution in [-0.2, 0) is 19.0 Å². The van der Waals surface area contributed by atoms with Crippen LogP contribution >= 0.6 is 0 Å². The van der Waals surface area contributed by atoms with Gasteiger partial charge in [-0.05, 0) is 43.5 Å². The first-order valence-corrected chi connectivity index (χ1v) is 9.38. The molecule has 1 fully saturated rings. The van der Waals surface area contributed by atoms with Crippen LogP contribution in [0.4, 0.5) is 4.39 Å². The quantitative estimate of drug-likeness (QED) is 0.617. The number of nitrogens with one attached hydrogen (secondary N) is 2. The van der Waals surface area contributed by atoms with Crippen molar-refractivity contribution in [2.24, 2.45) is 12.0 Å². The molecule has 0 atom stereocenters. The lowest BCUT2D eigenvalue weighted by molar-refractivity contribution is 0.431. The lowest BCUT2D eigenvalue weighted by Gasteiger charge is -2.31. The maximum Gasteiger partial charge on any atom is 0.191 e. The fourth-order valence-corrected chi connectivity index (χ4v) is 3.73. The van der Waals surface area contributed by atoms with Crippen LogP contribution in [0.25, 0.3) is 0 Å². The summed E-state index contributed by atoms with van der Waals surface area (Å²) in [6.07, 6.45) is 6.44. The summed E-state index contributed by atoms with van der Waals surface area (Å²) in [6, 6.07) is 8.97. The van der Waals surface area contributed by atoms with Crippen LogP contribution in [0.15, 0.2) is 41.5 Å². The molecular formula is C20H28FN5. The normalized spacial score (nSPS) is 16.7. The van der Waals surface area contributed by atoms with E-state index < -0.39 is 0 Å². The van der Waals surface area contributed by atoms with Crippen molar-refractivity contribution in [3.63, 3.8) is 0 Å². The highest BCUT2D eigenvalue weighted by atomic mass is 19.1. The second-order valence-corrected chi connectivity index (χ2v) is 6.99. The highest BCUT2D eigenvalue weighted by molar-refractivity contribution is 5.79. The lowest BCUT2D eigenvalue weighted by Crippen LogP contribution is -2.44. The number of aliphatic imine (C=N–C) groups is 1. The minimum atomic E-state index is -0.180. The molecule has 0 spiro atoms. The van der Waals surface area contributed by atoms with Crippen molar-refractivity contribution in [3.05, 3.63) is 53.6 Å². The number of aryl methyl sites for hydroxylation is 1. The van der Waals surface area contributed by atoms with Gasteiger partial charge in [0, 0.05) is 31.7 Å². The standard InChI is InChI=1S/C20H28FN5/c1-3-22-19(23-14-18-10-13-25-26(18)2)24-15-20(11-4-5-12-20)16-6-8-17(21)9-7-16/h6-10,13H,3-5,11-12,14-15H2,1-2H3,(H2,22,23,24). The van der Waals surface area contributed by atoms with Crippen LogP contribution in [-0.4, -0.2) is 28.8 Å². The second-order valence-electron chi connectivity index (χ2n) is 6.99. The van der Waals surface area contributed by atoms with E-state index in [1.54, 1.807) is 18.3 Å². The van der Waals surface area contributed by atoms with E-state index in [1.165, 1.54) is 18.4 Å². The third-order valence-corrected chi connectivity index (χ3v) is 5.28. The van der Waals surface area contributed by atoms with Gasteiger partial charge in [0.15, 0.2) is 5.96 Å². The Labute approximate surface area is 154 Å². The summed E-state index contributed by atoms with van der Waals surface area (Å²) in [5, 5.41) is 11.0. The predicted molar refractivity (Wildman–Crippen MR) is 103 cm³/mol. The van der Waals surface area contributed by atoms with Gasteiger partial charge in [0.05, 0.1) is 12.2 Å². The van der Waals surface area contributed by atoms with Gasteiger partial charge in [-0.1, -0.05) is 25.0 Å². The fourth-order valence-electron chi connectivity index (χ4n) is 3.73. The van der Waals surface area contributed by atoms with E-state index in [1.807, 2.05) is 29.9 Å². The number of halogens is 1. The smallest absolute Gasteiger partial charge is 0.191 e. The number of rotatable bonds is 6. The Morgan fingerprint density at radius 1 is 1.19 bits per heavy atom. The van der Waals surface area contributed by atoms with E-state index in [-0.39, 0.29) is 11.2 Å². The lowest BCUT2D eigenvalue weighted by atomic mass is 9.79. The van der Waals surface area contributed by atoms with Crippen molar-refractivity contribution in [2.45, 2.75) is 44.6 Å². The van der Waals surface area contributed by atoms with Crippen LogP contribution in [0.3, 0.4) is 0 Å². The average molecular weight is 357 g/mol. The Bertz CT molecular complexity index is 729. The van der Waals surface area contributed by atoms with Crippen molar-refractivity contribution in [1.29, 1.82) is 0 Å². The molecule has 1 heterocycles. The largest absolute Gasteiger partial charge is 0.357 e. The van der Waals surface area contributed by atoms with E-state index in [0.717, 1.165) is 37.6 Å². The molecule has 140 valence electrons. The monoisotopic (exact) mass is 357 g/mol. The van der Waals surface area contributed by atoms with Gasteiger partial charge in [-0.2, -0.15) is 5.10 Å². The van der Waals surface area contributed by atoms with Crippen molar-refractivity contribution in [1.82, 2.24) is 20.4 Å². The Hall–Kier alpha value is -2.37. The van der Waals surface area contributed by atoms with E-state index >= 15 is 0 Å². The molecule has 0 unspecified atom stereocenters. The van der Waals surface area contributed by atoms with E-state index in [9.17, 15) is 4.39 Å². The molecule has 3 rings (SSSR count). The third-order valence-electron chi connectivity index (χ3n) is 5.28. The average Bonchev–Trinajstić information content (AvgIpc) is 3.28. The summed E-state index contributed by atoms with van der Waals surface area (Å²) in [5.41, 5.74) is 2.33. The molecule has 0 saturated heterocycles. The zero-order valence-electron chi connectivity index (χ0n) is 15.6. The van der Waals surface area contributed by atoms with E-state index in [0.29, 0.717) is 6.54 Å². The highest BCUT2D eigenvalue weighted by Crippen LogP contribution is 2.40. The summed E-state index contributed by atoms with van der Waals surface area (Å²) in [7, 11) is 1.92. The number of hydrogen-bond acceptors (Lipinski definition) is 2. The highest BCUT2D eigenvalue weighted by Gasteiger charge is 2.35. The fraction of sp³-hybridized carbons (Fsp3) is 0.500. The molecule has 1 aliphatic rings. The number of benzene rings is 1. The molecule has 0 bridgehead atoms. The molecule has 2 N–H and O–H groups in total. The summed E-state index contributed by atoms with van der Waals surface area (Å²) in [6.45, 7) is 4.25. The van der Waals surface area contributed by atoms with Crippen LogP contribution < -0.4 is 10.6 Å². The zero-order valence-corrected chi connectivity index (χ0v) is 15.6. The maximum absolute atomic E-state index is 13.3. The first-order chi connectivity index (χ1) is 12.6. The number of nitrogens with zero attached hydrogens (tertiary/aromatic N) is 3. The Balaban J connectivity index is 1.71. The minimum absolute atomic E-state index is 0.0520. The van der Waals surface area contributed by atoms with Gasteiger partial charge in [0.1, 0.15) is 5.82 Å². The van der Waals surface area contributed by atoms with Crippen LogP contribution in [0.5, 0.6) is 0 Å². The predicted octanol–water partition coefficient (Wildman–Crippen LogP) is 3.13.